The molecule has 0 bridgehead atoms. The lowest BCUT2D eigenvalue weighted by molar-refractivity contribution is 0.381. The van der Waals surface area contributed by atoms with Crippen LogP contribution in [0.1, 0.15) is 0 Å². The summed E-state index contributed by atoms with van der Waals surface area (Å²) in [6.45, 7) is 0. The highest BCUT2D eigenvalue weighted by Gasteiger charge is 1.84. The second-order valence-corrected chi connectivity index (χ2v) is 2.68. The zero-order valence-electron chi connectivity index (χ0n) is 5.95. The molecule has 0 amide bonds. The van der Waals surface area contributed by atoms with E-state index < -0.39 is 10.4 Å². The van der Waals surface area contributed by atoms with E-state index in [9.17, 15) is 0 Å². The summed E-state index contributed by atoms with van der Waals surface area (Å²) in [7, 11) is -4.67. The van der Waals surface area contributed by atoms with Gasteiger partial charge in [-0.1, -0.05) is 18.2 Å². The SMILES string of the molecule is O=S(=O)(O)O.Oc1ccccc1.[AlH3]. The zero-order chi connectivity index (χ0) is 9.61. The molecule has 0 atom stereocenters. The van der Waals surface area contributed by atoms with Gasteiger partial charge >= 0.3 is 10.4 Å². The van der Waals surface area contributed by atoms with Crippen LogP contribution >= 0.6 is 0 Å². The number of para-hydroxylation sites is 1. The van der Waals surface area contributed by atoms with Crippen LogP contribution in [-0.2, 0) is 10.4 Å². The zero-order valence-corrected chi connectivity index (χ0v) is 6.77. The number of phenols is 1. The molecule has 0 unspecified atom stereocenters. The van der Waals surface area contributed by atoms with Gasteiger partial charge in [-0.25, -0.2) is 0 Å². The van der Waals surface area contributed by atoms with Gasteiger partial charge in [0.15, 0.2) is 17.4 Å². The van der Waals surface area contributed by atoms with E-state index in [-0.39, 0.29) is 17.4 Å². The molecule has 0 saturated heterocycles. The van der Waals surface area contributed by atoms with Crippen molar-refractivity contribution in [2.45, 2.75) is 0 Å². The molecule has 1 aromatic rings. The lowest BCUT2D eigenvalue weighted by atomic mass is 10.3. The minimum Gasteiger partial charge on any atom is -0.508 e. The third-order valence-electron chi connectivity index (χ3n) is 0.756. The van der Waals surface area contributed by atoms with Crippen LogP contribution in [0.5, 0.6) is 5.75 Å². The average molecular weight is 222 g/mol. The van der Waals surface area contributed by atoms with Crippen molar-refractivity contribution < 1.29 is 22.6 Å². The summed E-state index contributed by atoms with van der Waals surface area (Å²) in [4.78, 5) is 0. The van der Waals surface area contributed by atoms with Gasteiger partial charge in [0.05, 0.1) is 0 Å². The highest BCUT2D eigenvalue weighted by molar-refractivity contribution is 7.79. The maximum Gasteiger partial charge on any atom is 0.394 e. The summed E-state index contributed by atoms with van der Waals surface area (Å²) >= 11 is 0. The van der Waals surface area contributed by atoms with E-state index in [0.29, 0.717) is 5.75 Å². The standard InChI is InChI=1S/C6H6O.Al.H2O4S.3H/c7-6-4-2-1-3-5-6;;1-5(2,3)4;;;/h1-5,7H;;(H2,1,2,3,4);;;. The molecule has 1 aromatic carbocycles. The highest BCUT2D eigenvalue weighted by Crippen LogP contribution is 2.02. The van der Waals surface area contributed by atoms with Crippen LogP contribution in [-0.4, -0.2) is 40.0 Å². The van der Waals surface area contributed by atoms with E-state index in [2.05, 4.69) is 0 Å². The fourth-order valence-electron chi connectivity index (χ4n) is 0.428. The summed E-state index contributed by atoms with van der Waals surface area (Å²) in [6.07, 6.45) is 0. The molecule has 0 aliphatic carbocycles. The van der Waals surface area contributed by atoms with E-state index in [1.807, 2.05) is 6.07 Å². The fourth-order valence-corrected chi connectivity index (χ4v) is 0.428. The van der Waals surface area contributed by atoms with Crippen molar-refractivity contribution in [1.29, 1.82) is 0 Å². The largest absolute Gasteiger partial charge is 0.508 e. The topological polar surface area (TPSA) is 94.8 Å². The number of rotatable bonds is 0. The molecule has 0 aliphatic heterocycles. The Labute approximate surface area is 86.7 Å². The minimum absolute atomic E-state index is 0. The van der Waals surface area contributed by atoms with Crippen LogP contribution in [0.25, 0.3) is 0 Å². The van der Waals surface area contributed by atoms with Crippen molar-refractivity contribution in [1.82, 2.24) is 0 Å². The molecule has 3 N–H and O–H groups in total. The van der Waals surface area contributed by atoms with Crippen LogP contribution in [0, 0.1) is 0 Å². The molecule has 0 fully saturated rings. The van der Waals surface area contributed by atoms with Gasteiger partial charge in [-0.3, -0.25) is 9.11 Å². The number of benzene rings is 1. The van der Waals surface area contributed by atoms with Gasteiger partial charge in [-0.2, -0.15) is 8.42 Å². The second-order valence-electron chi connectivity index (χ2n) is 1.78. The average Bonchev–Trinajstić information content (AvgIpc) is 1.85. The van der Waals surface area contributed by atoms with Crippen molar-refractivity contribution in [3.05, 3.63) is 30.3 Å². The third kappa shape index (κ3) is 18.4. The lowest BCUT2D eigenvalue weighted by Gasteiger charge is -1.82. The Bertz CT molecular complexity index is 301. The maximum atomic E-state index is 8.74. The van der Waals surface area contributed by atoms with Gasteiger partial charge in [-0.05, 0) is 12.1 Å². The second kappa shape index (κ2) is 6.89. The summed E-state index contributed by atoms with van der Waals surface area (Å²) in [5, 5.41) is 8.63. The fraction of sp³-hybridized carbons (Fsp3) is 0. The smallest absolute Gasteiger partial charge is 0.394 e. The normalized spacial score (nSPS) is 9.08. The summed E-state index contributed by atoms with van der Waals surface area (Å²) in [6, 6.07) is 8.71. The Morgan fingerprint density at radius 3 is 1.46 bits per heavy atom. The Balaban J connectivity index is 0. The minimum atomic E-state index is -4.67. The quantitative estimate of drug-likeness (QED) is 0.408. The molecule has 5 nitrogen and oxygen atoms in total. The molecule has 0 saturated carbocycles. The number of phenolic OH excluding ortho intramolecular Hbond substituents is 1. The molecule has 1 rings (SSSR count). The number of hydrogen-bond acceptors (Lipinski definition) is 3. The van der Waals surface area contributed by atoms with Crippen molar-refractivity contribution in [3.8, 4) is 5.75 Å². The number of aromatic hydroxyl groups is 1. The first-order chi connectivity index (χ1) is 5.39. The van der Waals surface area contributed by atoms with Gasteiger partial charge in [0.1, 0.15) is 5.75 Å². The van der Waals surface area contributed by atoms with Crippen LogP contribution in [0.4, 0.5) is 0 Å². The van der Waals surface area contributed by atoms with Crippen LogP contribution in [0.3, 0.4) is 0 Å². The number of hydrogen-bond donors (Lipinski definition) is 3. The maximum absolute atomic E-state index is 8.74. The molecule has 0 heterocycles. The first-order valence-electron chi connectivity index (χ1n) is 2.83. The van der Waals surface area contributed by atoms with Crippen molar-refractivity contribution in [2.75, 3.05) is 0 Å². The van der Waals surface area contributed by atoms with E-state index in [4.69, 9.17) is 22.6 Å². The first-order valence-corrected chi connectivity index (χ1v) is 4.23. The molecule has 74 valence electrons. The molecule has 0 spiro atoms. The Morgan fingerprint density at radius 1 is 1.00 bits per heavy atom. The van der Waals surface area contributed by atoms with Gasteiger partial charge in [0.25, 0.3) is 0 Å². The van der Waals surface area contributed by atoms with Gasteiger partial charge in [0, 0.05) is 0 Å². The molecule has 7 heteroatoms. The highest BCUT2D eigenvalue weighted by atomic mass is 32.3. The van der Waals surface area contributed by atoms with Crippen LogP contribution < -0.4 is 0 Å². The van der Waals surface area contributed by atoms with E-state index >= 15 is 0 Å². The van der Waals surface area contributed by atoms with Crippen molar-refractivity contribution in [2.24, 2.45) is 0 Å². The van der Waals surface area contributed by atoms with Crippen LogP contribution in [0.2, 0.25) is 0 Å². The van der Waals surface area contributed by atoms with Gasteiger partial charge in [-0.15, -0.1) is 0 Å². The first kappa shape index (κ1) is 14.9. The summed E-state index contributed by atoms with van der Waals surface area (Å²) < 4.78 is 31.6. The Morgan fingerprint density at radius 2 is 1.31 bits per heavy atom. The van der Waals surface area contributed by atoms with Gasteiger partial charge in [0.2, 0.25) is 0 Å². The monoisotopic (exact) mass is 222 g/mol. The third-order valence-corrected chi connectivity index (χ3v) is 0.756. The predicted molar refractivity (Wildman–Crippen MR) is 52.2 cm³/mol. The summed E-state index contributed by atoms with van der Waals surface area (Å²) in [5.41, 5.74) is 0. The predicted octanol–water partition coefficient (Wildman–Crippen LogP) is -0.445. The lowest BCUT2D eigenvalue weighted by Crippen LogP contribution is -1.89. The Hall–Kier alpha value is -0.578. The Kier molecular flexibility index (Phi) is 7.90. The molecular weight excluding hydrogens is 211 g/mol. The molecule has 0 aromatic heterocycles. The summed E-state index contributed by atoms with van der Waals surface area (Å²) in [5.74, 6) is 0.322. The van der Waals surface area contributed by atoms with E-state index in [1.54, 1.807) is 24.3 Å². The molecule has 13 heavy (non-hydrogen) atoms. The van der Waals surface area contributed by atoms with Gasteiger partial charge < -0.3 is 5.11 Å². The van der Waals surface area contributed by atoms with Crippen molar-refractivity contribution in [3.63, 3.8) is 0 Å². The van der Waals surface area contributed by atoms with E-state index in [0.717, 1.165) is 0 Å². The molecule has 0 aliphatic rings. The molecular formula is C6H11AlO5S. The van der Waals surface area contributed by atoms with Crippen LogP contribution in [0.15, 0.2) is 30.3 Å². The molecule has 0 radical (unpaired) electrons. The van der Waals surface area contributed by atoms with Crippen molar-refractivity contribution >= 4 is 27.8 Å². The van der Waals surface area contributed by atoms with E-state index in [1.165, 1.54) is 0 Å².